The molecule has 8 heteroatoms. The maximum Gasteiger partial charge on any atom is 0.246 e. The van der Waals surface area contributed by atoms with Gasteiger partial charge in [0.15, 0.2) is 5.96 Å². The molecular weight excluding hydrogens is 487 g/mol. The van der Waals surface area contributed by atoms with Gasteiger partial charge < -0.3 is 21.1 Å². The minimum atomic E-state index is -1.03. The first-order chi connectivity index (χ1) is 12.9. The Balaban J connectivity index is 0.00000392. The monoisotopic (exact) mass is 512 g/mol. The number of nitrogens with zero attached hydrogens (tertiary/aromatic N) is 1. The van der Waals surface area contributed by atoms with E-state index in [-0.39, 0.29) is 43.0 Å². The molecule has 6 nitrogen and oxygen atoms in total. The minimum absolute atomic E-state index is 0. The Bertz CT molecular complexity index is 829. The third-order valence-electron chi connectivity index (χ3n) is 3.69. The molecule has 4 N–H and O–H groups in total. The van der Waals surface area contributed by atoms with Gasteiger partial charge in [0.1, 0.15) is 12.1 Å². The van der Waals surface area contributed by atoms with Crippen LogP contribution in [-0.4, -0.2) is 36.6 Å². The quantitative estimate of drug-likeness (QED) is 0.199. The van der Waals surface area contributed by atoms with Crippen LogP contribution in [0.2, 0.25) is 0 Å². The van der Waals surface area contributed by atoms with Crippen molar-refractivity contribution in [3.05, 3.63) is 52.2 Å². The van der Waals surface area contributed by atoms with E-state index in [1.807, 2.05) is 24.4 Å². The van der Waals surface area contributed by atoms with Gasteiger partial charge in [-0.05, 0) is 43.5 Å². The number of carbonyl (C=O) groups excluding carboxylic acids is 1. The molecule has 1 unspecified atom stereocenters. The van der Waals surface area contributed by atoms with Gasteiger partial charge in [-0.3, -0.25) is 4.79 Å². The maximum absolute atomic E-state index is 12.1. The highest BCUT2D eigenvalue weighted by Gasteiger charge is 2.24. The molecular formula is C20H25IN4O2S. The minimum Gasteiger partial charge on any atom is -0.383 e. The Labute approximate surface area is 186 Å². The predicted octanol–water partition coefficient (Wildman–Crippen LogP) is 2.75. The average molecular weight is 512 g/mol. The first-order valence-electron chi connectivity index (χ1n) is 8.59. The fourth-order valence-corrected chi connectivity index (χ4v) is 3.09. The summed E-state index contributed by atoms with van der Waals surface area (Å²) in [6.07, 6.45) is 5.36. The molecule has 150 valence electrons. The van der Waals surface area contributed by atoms with Crippen molar-refractivity contribution in [2.75, 3.05) is 25.0 Å². The van der Waals surface area contributed by atoms with Gasteiger partial charge in [-0.25, -0.2) is 4.99 Å². The lowest BCUT2D eigenvalue weighted by atomic mass is 10.1. The number of amides is 1. The third-order valence-corrected chi connectivity index (χ3v) is 4.81. The second kappa shape index (κ2) is 11.7. The summed E-state index contributed by atoms with van der Waals surface area (Å²) in [5.41, 5.74) is 0.300. The summed E-state index contributed by atoms with van der Waals surface area (Å²) in [6, 6.07) is 10.8. The largest absolute Gasteiger partial charge is 0.383 e. The van der Waals surface area contributed by atoms with Crippen molar-refractivity contribution in [1.29, 1.82) is 0 Å². The Morgan fingerprint density at radius 2 is 2.11 bits per heavy atom. The fraction of sp³-hybridized carbons (Fsp3) is 0.300. The molecule has 1 heterocycles. The van der Waals surface area contributed by atoms with Crippen molar-refractivity contribution in [2.24, 2.45) is 4.99 Å². The number of hydrogen-bond acceptors (Lipinski definition) is 4. The number of thiophene rings is 1. The van der Waals surface area contributed by atoms with Crippen LogP contribution in [-0.2, 0) is 10.4 Å². The standard InChI is InChI=1S/C20H24N4O2S.HI/c1-4-15-8-6-9-16(12-15)24-18(25)13-22-19(21-5-2)23-14-20(3,26)17-10-7-11-27-17;/h1,6-12,26H,5,13-14H2,2-3H3,(H,24,25)(H2,21,22,23);1H. The number of benzene rings is 1. The van der Waals surface area contributed by atoms with Gasteiger partial charge in [-0.1, -0.05) is 18.1 Å². The number of rotatable bonds is 7. The van der Waals surface area contributed by atoms with Crippen LogP contribution < -0.4 is 16.0 Å². The van der Waals surface area contributed by atoms with Crippen LogP contribution in [0.5, 0.6) is 0 Å². The number of terminal acetylenes is 1. The van der Waals surface area contributed by atoms with E-state index in [9.17, 15) is 9.90 Å². The van der Waals surface area contributed by atoms with Gasteiger partial charge in [0.25, 0.3) is 0 Å². The Morgan fingerprint density at radius 3 is 2.75 bits per heavy atom. The molecule has 0 radical (unpaired) electrons. The van der Waals surface area contributed by atoms with Crippen molar-refractivity contribution in [2.45, 2.75) is 19.4 Å². The van der Waals surface area contributed by atoms with Crippen molar-refractivity contribution in [3.63, 3.8) is 0 Å². The van der Waals surface area contributed by atoms with E-state index in [0.29, 0.717) is 23.8 Å². The lowest BCUT2D eigenvalue weighted by Crippen LogP contribution is -2.44. The van der Waals surface area contributed by atoms with E-state index in [4.69, 9.17) is 6.42 Å². The number of anilines is 1. The molecule has 2 aromatic rings. The molecule has 1 aromatic carbocycles. The fourth-order valence-electron chi connectivity index (χ4n) is 2.31. The van der Waals surface area contributed by atoms with E-state index in [1.165, 1.54) is 11.3 Å². The first-order valence-corrected chi connectivity index (χ1v) is 9.47. The first kappa shape index (κ1) is 23.9. The van der Waals surface area contributed by atoms with E-state index in [2.05, 4.69) is 26.9 Å². The molecule has 0 spiro atoms. The van der Waals surface area contributed by atoms with Crippen molar-refractivity contribution in [1.82, 2.24) is 10.6 Å². The van der Waals surface area contributed by atoms with Gasteiger partial charge in [0.05, 0.1) is 6.54 Å². The number of nitrogens with one attached hydrogen (secondary N) is 3. The van der Waals surface area contributed by atoms with Crippen molar-refractivity contribution in [3.8, 4) is 12.3 Å². The highest BCUT2D eigenvalue weighted by molar-refractivity contribution is 14.0. The summed E-state index contributed by atoms with van der Waals surface area (Å²) in [7, 11) is 0. The van der Waals surface area contributed by atoms with Gasteiger partial charge in [-0.2, -0.15) is 0 Å². The zero-order valence-corrected chi connectivity index (χ0v) is 19.0. The number of guanidine groups is 1. The molecule has 0 fully saturated rings. The van der Waals surface area contributed by atoms with Gasteiger partial charge >= 0.3 is 0 Å². The maximum atomic E-state index is 12.1. The SMILES string of the molecule is C#Cc1cccc(NC(=O)CN=C(NCC)NCC(C)(O)c2cccs2)c1.I. The Hall–Kier alpha value is -2.09. The molecule has 0 aliphatic heterocycles. The number of aliphatic imine (C=N–C) groups is 1. The molecule has 0 aliphatic rings. The van der Waals surface area contributed by atoms with E-state index >= 15 is 0 Å². The molecule has 0 saturated carbocycles. The molecule has 0 bridgehead atoms. The number of aliphatic hydroxyl groups is 1. The molecule has 1 amide bonds. The van der Waals surface area contributed by atoms with E-state index < -0.39 is 5.60 Å². The van der Waals surface area contributed by atoms with Crippen LogP contribution in [0.4, 0.5) is 5.69 Å². The van der Waals surface area contributed by atoms with Gasteiger partial charge in [0, 0.05) is 22.7 Å². The number of hydrogen-bond donors (Lipinski definition) is 4. The summed E-state index contributed by atoms with van der Waals surface area (Å²) in [5.74, 6) is 2.73. The molecule has 1 aromatic heterocycles. The average Bonchev–Trinajstić information content (AvgIpc) is 3.20. The van der Waals surface area contributed by atoms with Crippen LogP contribution in [0.15, 0.2) is 46.8 Å². The third kappa shape index (κ3) is 7.50. The summed E-state index contributed by atoms with van der Waals surface area (Å²) in [6.45, 7) is 4.52. The Morgan fingerprint density at radius 1 is 1.32 bits per heavy atom. The van der Waals surface area contributed by atoms with Gasteiger partial charge in [-0.15, -0.1) is 41.7 Å². The molecule has 28 heavy (non-hydrogen) atoms. The lowest BCUT2D eigenvalue weighted by Gasteiger charge is -2.23. The zero-order chi connectivity index (χ0) is 19.7. The van der Waals surface area contributed by atoms with Crippen LogP contribution in [0, 0.1) is 12.3 Å². The summed E-state index contributed by atoms with van der Waals surface area (Å²) < 4.78 is 0. The smallest absolute Gasteiger partial charge is 0.246 e. The lowest BCUT2D eigenvalue weighted by molar-refractivity contribution is -0.114. The number of carbonyl (C=O) groups is 1. The van der Waals surface area contributed by atoms with Crippen LogP contribution in [0.1, 0.15) is 24.3 Å². The van der Waals surface area contributed by atoms with E-state index in [0.717, 1.165) is 4.88 Å². The Kier molecular flexibility index (Phi) is 9.99. The summed E-state index contributed by atoms with van der Waals surface area (Å²) >= 11 is 1.49. The molecule has 0 aliphatic carbocycles. The van der Waals surface area contributed by atoms with Crippen LogP contribution in [0.25, 0.3) is 0 Å². The van der Waals surface area contributed by atoms with E-state index in [1.54, 1.807) is 31.2 Å². The summed E-state index contributed by atoms with van der Waals surface area (Å²) in [4.78, 5) is 17.3. The normalized spacial score (nSPS) is 12.9. The predicted molar refractivity (Wildman–Crippen MR) is 126 cm³/mol. The molecule has 0 saturated heterocycles. The van der Waals surface area contributed by atoms with Crippen molar-refractivity contribution >= 4 is 52.9 Å². The zero-order valence-electron chi connectivity index (χ0n) is 15.9. The second-order valence-electron chi connectivity index (χ2n) is 6.07. The topological polar surface area (TPSA) is 85.8 Å². The highest BCUT2D eigenvalue weighted by Crippen LogP contribution is 2.24. The van der Waals surface area contributed by atoms with Crippen LogP contribution >= 0.6 is 35.3 Å². The van der Waals surface area contributed by atoms with Crippen LogP contribution in [0.3, 0.4) is 0 Å². The van der Waals surface area contributed by atoms with Crippen molar-refractivity contribution < 1.29 is 9.90 Å². The molecule has 1 atom stereocenters. The second-order valence-corrected chi connectivity index (χ2v) is 7.02. The highest BCUT2D eigenvalue weighted by atomic mass is 127. The van der Waals surface area contributed by atoms with Gasteiger partial charge in [0.2, 0.25) is 5.91 Å². The summed E-state index contributed by atoms with van der Waals surface area (Å²) in [5, 5.41) is 21.4. The molecule has 2 rings (SSSR count). The number of halogens is 1.